The number of methoxy groups -OCH3 is 1. The summed E-state index contributed by atoms with van der Waals surface area (Å²) in [6.07, 6.45) is -0.473. The van der Waals surface area contributed by atoms with Gasteiger partial charge in [0, 0.05) is 44.9 Å². The number of hydrogen-bond acceptors (Lipinski definition) is 5. The van der Waals surface area contributed by atoms with Crippen molar-refractivity contribution in [1.29, 1.82) is 0 Å². The Kier molecular flexibility index (Phi) is 6.83. The molecule has 0 aliphatic carbocycles. The van der Waals surface area contributed by atoms with E-state index < -0.39 is 6.10 Å². The van der Waals surface area contributed by atoms with Gasteiger partial charge in [-0.25, -0.2) is 0 Å². The third kappa shape index (κ3) is 5.20. The topological polar surface area (TPSA) is 62.2 Å². The molecule has 0 spiro atoms. The van der Waals surface area contributed by atoms with Crippen molar-refractivity contribution in [2.45, 2.75) is 13.0 Å². The number of carbonyl (C=O) groups excluding carboxylic acids is 1. The van der Waals surface area contributed by atoms with E-state index in [4.69, 9.17) is 9.47 Å². The Bertz CT molecular complexity index is 484. The minimum absolute atomic E-state index is 0.0437. The molecular weight excluding hydrogens is 296 g/mol. The number of amides is 1. The molecule has 1 aliphatic rings. The molecule has 6 heteroatoms. The predicted molar refractivity (Wildman–Crippen MR) is 87.8 cm³/mol. The van der Waals surface area contributed by atoms with E-state index in [-0.39, 0.29) is 5.91 Å². The lowest BCUT2D eigenvalue weighted by Gasteiger charge is -2.35. The molecule has 1 aromatic rings. The Morgan fingerprint density at radius 2 is 1.87 bits per heavy atom. The summed E-state index contributed by atoms with van der Waals surface area (Å²) in [5.74, 6) is 0.789. The van der Waals surface area contributed by atoms with Crippen LogP contribution in [0.15, 0.2) is 24.3 Å². The molecule has 1 fully saturated rings. The second-order valence-corrected chi connectivity index (χ2v) is 5.63. The van der Waals surface area contributed by atoms with Crippen molar-refractivity contribution in [3.05, 3.63) is 29.8 Å². The van der Waals surface area contributed by atoms with Crippen LogP contribution in [0.2, 0.25) is 0 Å². The second kappa shape index (κ2) is 8.86. The largest absolute Gasteiger partial charge is 0.497 e. The number of aliphatic hydroxyl groups excluding tert-OH is 1. The highest BCUT2D eigenvalue weighted by atomic mass is 16.5. The third-order valence-electron chi connectivity index (χ3n) is 3.98. The van der Waals surface area contributed by atoms with Crippen LogP contribution in [0, 0.1) is 0 Å². The first-order valence-corrected chi connectivity index (χ1v) is 8.05. The van der Waals surface area contributed by atoms with Gasteiger partial charge in [0.25, 0.3) is 5.91 Å². The normalized spacial score (nSPS) is 17.1. The molecule has 0 radical (unpaired) electrons. The second-order valence-electron chi connectivity index (χ2n) is 5.63. The van der Waals surface area contributed by atoms with Crippen LogP contribution in [0.1, 0.15) is 17.3 Å². The van der Waals surface area contributed by atoms with Crippen LogP contribution in [0.3, 0.4) is 0 Å². The fraction of sp³-hybridized carbons (Fsp3) is 0.588. The van der Waals surface area contributed by atoms with Gasteiger partial charge in [-0.1, -0.05) is 0 Å². The summed E-state index contributed by atoms with van der Waals surface area (Å²) in [5, 5.41) is 9.88. The first kappa shape index (κ1) is 17.7. The van der Waals surface area contributed by atoms with Crippen LogP contribution in [0.5, 0.6) is 5.75 Å². The maximum absolute atomic E-state index is 12.5. The van der Waals surface area contributed by atoms with Gasteiger partial charge in [-0.05, 0) is 31.2 Å². The van der Waals surface area contributed by atoms with Crippen LogP contribution in [-0.2, 0) is 4.74 Å². The molecule has 1 aromatic carbocycles. The van der Waals surface area contributed by atoms with Gasteiger partial charge in [0.2, 0.25) is 0 Å². The Morgan fingerprint density at radius 3 is 2.43 bits per heavy atom. The van der Waals surface area contributed by atoms with Crippen LogP contribution in [0.4, 0.5) is 0 Å². The van der Waals surface area contributed by atoms with Crippen molar-refractivity contribution in [2.75, 3.05) is 53.0 Å². The van der Waals surface area contributed by atoms with Crippen molar-refractivity contribution < 1.29 is 19.4 Å². The zero-order valence-corrected chi connectivity index (χ0v) is 13.9. The minimum atomic E-state index is -0.473. The zero-order valence-electron chi connectivity index (χ0n) is 13.9. The van der Waals surface area contributed by atoms with Crippen molar-refractivity contribution >= 4 is 5.91 Å². The van der Waals surface area contributed by atoms with E-state index in [1.54, 1.807) is 31.4 Å². The minimum Gasteiger partial charge on any atom is -0.497 e. The van der Waals surface area contributed by atoms with Crippen LogP contribution >= 0.6 is 0 Å². The average Bonchev–Trinajstić information content (AvgIpc) is 2.60. The number of β-amino-alcohol motifs (C(OH)–C–C–N with tert-alkyl or cyclic N) is 1. The molecule has 1 heterocycles. The van der Waals surface area contributed by atoms with Crippen LogP contribution in [0.25, 0.3) is 0 Å². The summed E-state index contributed by atoms with van der Waals surface area (Å²) in [6.45, 7) is 6.36. The van der Waals surface area contributed by atoms with Gasteiger partial charge in [0.15, 0.2) is 0 Å². The van der Waals surface area contributed by atoms with Gasteiger partial charge >= 0.3 is 0 Å². The summed E-state index contributed by atoms with van der Waals surface area (Å²) >= 11 is 0. The Balaban J connectivity index is 1.80. The summed E-state index contributed by atoms with van der Waals surface area (Å²) in [6, 6.07) is 7.18. The van der Waals surface area contributed by atoms with E-state index in [9.17, 15) is 9.90 Å². The molecular formula is C17H26N2O4. The molecule has 0 bridgehead atoms. The highest BCUT2D eigenvalue weighted by Crippen LogP contribution is 2.14. The monoisotopic (exact) mass is 322 g/mol. The number of carbonyl (C=O) groups is 1. The lowest BCUT2D eigenvalue weighted by molar-refractivity contribution is 0.0111. The maximum atomic E-state index is 12.5. The Morgan fingerprint density at radius 1 is 1.22 bits per heavy atom. The van der Waals surface area contributed by atoms with Crippen molar-refractivity contribution in [2.24, 2.45) is 0 Å². The van der Waals surface area contributed by atoms with E-state index >= 15 is 0 Å². The van der Waals surface area contributed by atoms with Gasteiger partial charge in [-0.15, -0.1) is 0 Å². The molecule has 1 atom stereocenters. The number of ether oxygens (including phenoxy) is 2. The van der Waals surface area contributed by atoms with Crippen molar-refractivity contribution in [3.8, 4) is 5.75 Å². The van der Waals surface area contributed by atoms with E-state index in [1.165, 1.54) is 0 Å². The molecule has 2 rings (SSSR count). The fourth-order valence-corrected chi connectivity index (χ4v) is 2.65. The molecule has 0 aromatic heterocycles. The highest BCUT2D eigenvalue weighted by molar-refractivity contribution is 5.94. The molecule has 0 saturated carbocycles. The lowest BCUT2D eigenvalue weighted by Crippen LogP contribution is -2.50. The number of benzene rings is 1. The molecule has 1 saturated heterocycles. The van der Waals surface area contributed by atoms with E-state index in [1.807, 2.05) is 11.8 Å². The molecule has 128 valence electrons. The number of piperazine rings is 1. The van der Waals surface area contributed by atoms with Crippen LogP contribution < -0.4 is 4.74 Å². The van der Waals surface area contributed by atoms with Gasteiger partial charge < -0.3 is 19.5 Å². The Labute approximate surface area is 137 Å². The van der Waals surface area contributed by atoms with Gasteiger partial charge in [-0.3, -0.25) is 9.69 Å². The summed E-state index contributed by atoms with van der Waals surface area (Å²) in [4.78, 5) is 16.5. The smallest absolute Gasteiger partial charge is 0.253 e. The van der Waals surface area contributed by atoms with Crippen molar-refractivity contribution in [1.82, 2.24) is 9.80 Å². The van der Waals surface area contributed by atoms with E-state index in [0.29, 0.717) is 38.4 Å². The molecule has 1 aliphatic heterocycles. The first-order chi connectivity index (χ1) is 11.1. The molecule has 23 heavy (non-hydrogen) atoms. The summed E-state index contributed by atoms with van der Waals surface area (Å²) in [7, 11) is 1.61. The molecule has 6 nitrogen and oxygen atoms in total. The number of aliphatic hydroxyl groups is 1. The van der Waals surface area contributed by atoms with E-state index in [0.717, 1.165) is 18.8 Å². The number of nitrogens with zero attached hydrogens (tertiary/aromatic N) is 2. The lowest BCUT2D eigenvalue weighted by atomic mass is 10.1. The molecule has 1 N–H and O–H groups in total. The molecule has 1 amide bonds. The van der Waals surface area contributed by atoms with Gasteiger partial charge in [0.05, 0.1) is 19.8 Å². The molecule has 0 unspecified atom stereocenters. The quantitative estimate of drug-likeness (QED) is 0.806. The maximum Gasteiger partial charge on any atom is 0.253 e. The number of hydrogen-bond donors (Lipinski definition) is 1. The first-order valence-electron chi connectivity index (χ1n) is 8.05. The zero-order chi connectivity index (χ0) is 16.7. The summed E-state index contributed by atoms with van der Waals surface area (Å²) in [5.41, 5.74) is 0.677. The average molecular weight is 322 g/mol. The predicted octanol–water partition coefficient (Wildman–Crippen LogP) is 0.850. The van der Waals surface area contributed by atoms with Gasteiger partial charge in [-0.2, -0.15) is 0 Å². The Hall–Kier alpha value is -1.63. The highest BCUT2D eigenvalue weighted by Gasteiger charge is 2.23. The number of rotatable bonds is 7. The fourth-order valence-electron chi connectivity index (χ4n) is 2.65. The SMILES string of the molecule is CCOC[C@@H](O)CN1CCN(C(=O)c2ccc(OC)cc2)CC1. The third-order valence-corrected chi connectivity index (χ3v) is 3.98. The standard InChI is InChI=1S/C17H26N2O4/c1-3-23-13-15(20)12-18-8-10-19(11-9-18)17(21)14-4-6-16(22-2)7-5-14/h4-7,15,20H,3,8-13H2,1-2H3/t15-/m0/s1. The van der Waals surface area contributed by atoms with E-state index in [2.05, 4.69) is 4.90 Å². The summed E-state index contributed by atoms with van der Waals surface area (Å²) < 4.78 is 10.3. The van der Waals surface area contributed by atoms with Gasteiger partial charge in [0.1, 0.15) is 5.75 Å². The van der Waals surface area contributed by atoms with Crippen LogP contribution in [-0.4, -0.2) is 80.0 Å². The van der Waals surface area contributed by atoms with Crippen molar-refractivity contribution in [3.63, 3.8) is 0 Å².